The van der Waals surface area contributed by atoms with Crippen LogP contribution in [0.15, 0.2) is 218 Å². The highest BCUT2D eigenvalue weighted by molar-refractivity contribution is 6.15. The molecule has 9 aromatic carbocycles. The second kappa shape index (κ2) is 15.0. The van der Waals surface area contributed by atoms with Gasteiger partial charge >= 0.3 is 0 Å². The molecule has 302 valence electrons. The van der Waals surface area contributed by atoms with Gasteiger partial charge in [0.1, 0.15) is 0 Å². The maximum atomic E-state index is 5.18. The van der Waals surface area contributed by atoms with Gasteiger partial charge < -0.3 is 4.57 Å². The van der Waals surface area contributed by atoms with Crippen LogP contribution in [0.2, 0.25) is 0 Å². The molecule has 0 radical (unpaired) electrons. The summed E-state index contributed by atoms with van der Waals surface area (Å²) in [5.41, 5.74) is 18.4. The van der Waals surface area contributed by atoms with Crippen molar-refractivity contribution in [3.63, 3.8) is 0 Å². The average Bonchev–Trinajstić information content (AvgIpc) is 3.82. The lowest BCUT2D eigenvalue weighted by Gasteiger charge is -2.22. The Morgan fingerprint density at radius 2 is 0.844 bits per heavy atom. The van der Waals surface area contributed by atoms with Gasteiger partial charge in [-0.25, -0.2) is 15.0 Å². The average molecular weight is 819 g/mol. The van der Waals surface area contributed by atoms with Crippen LogP contribution < -0.4 is 0 Å². The molecule has 1 aliphatic rings. The second-order valence-electron chi connectivity index (χ2n) is 17.2. The molecule has 4 heteroatoms. The zero-order chi connectivity index (χ0) is 42.8. The fourth-order valence-corrected chi connectivity index (χ4v) is 9.86. The maximum Gasteiger partial charge on any atom is 0.164 e. The van der Waals surface area contributed by atoms with Crippen LogP contribution in [0.3, 0.4) is 0 Å². The molecule has 12 rings (SSSR count). The van der Waals surface area contributed by atoms with E-state index < -0.39 is 0 Å². The van der Waals surface area contributed by atoms with E-state index in [1.807, 2.05) is 36.4 Å². The van der Waals surface area contributed by atoms with Crippen LogP contribution in [0.1, 0.15) is 25.0 Å². The third kappa shape index (κ3) is 6.26. The van der Waals surface area contributed by atoms with Gasteiger partial charge in [0, 0.05) is 44.1 Å². The molecule has 0 bridgehead atoms. The molecule has 0 atom stereocenters. The van der Waals surface area contributed by atoms with Crippen molar-refractivity contribution in [2.75, 3.05) is 0 Å². The molecule has 0 amide bonds. The largest absolute Gasteiger partial charge is 0.309 e. The van der Waals surface area contributed by atoms with Crippen molar-refractivity contribution in [3.8, 4) is 84.4 Å². The van der Waals surface area contributed by atoms with Gasteiger partial charge in [0.25, 0.3) is 0 Å². The molecule has 4 nitrogen and oxygen atoms in total. The topological polar surface area (TPSA) is 43.6 Å². The molecule has 0 aliphatic heterocycles. The predicted octanol–water partition coefficient (Wildman–Crippen LogP) is 15.3. The molecule has 2 aromatic heterocycles. The summed E-state index contributed by atoms with van der Waals surface area (Å²) in [7, 11) is 0. The lowest BCUT2D eigenvalue weighted by Crippen LogP contribution is -2.14. The van der Waals surface area contributed by atoms with Crippen molar-refractivity contribution >= 4 is 21.8 Å². The van der Waals surface area contributed by atoms with E-state index in [0.717, 1.165) is 55.7 Å². The number of fused-ring (bicyclic) bond motifs is 6. The van der Waals surface area contributed by atoms with E-state index in [1.54, 1.807) is 0 Å². The van der Waals surface area contributed by atoms with Gasteiger partial charge in [-0.15, -0.1) is 0 Å². The highest BCUT2D eigenvalue weighted by atomic mass is 15.0. The first-order valence-corrected chi connectivity index (χ1v) is 21.9. The molecule has 0 N–H and O–H groups in total. The molecular formula is C60H42N4. The zero-order valence-electron chi connectivity index (χ0n) is 35.6. The zero-order valence-corrected chi connectivity index (χ0v) is 35.6. The number of aromatic nitrogens is 4. The van der Waals surface area contributed by atoms with E-state index in [4.69, 9.17) is 15.0 Å². The Hall–Kier alpha value is -8.21. The highest BCUT2D eigenvalue weighted by Crippen LogP contribution is 2.50. The summed E-state index contributed by atoms with van der Waals surface area (Å²) >= 11 is 0. The SMILES string of the molecule is CC1(C)c2ccccc2-c2ccc(-c3ccc4c(c3)c3cccc(-c5cc(-c6ccccc6)cc(-c6nc(-c7ccccc7)nc(-c7ccccc7)n6)c5)c3n4-c3ccccc3)cc21. The van der Waals surface area contributed by atoms with E-state index in [9.17, 15) is 0 Å². The fourth-order valence-electron chi connectivity index (χ4n) is 9.86. The molecule has 1 aliphatic carbocycles. The molecule has 11 aromatic rings. The standard InChI is InChI=1S/C60H42N4/c1-60(2)53-29-16-15-26-49(53)50-32-30-43(38-54(50)60)42-31-33-55-52(37-42)51-28-17-27-48(56(51)64(55)47-24-13-6-14-25-47)45-34-44(39-18-7-3-8-19-39)35-46(36-45)59-62-57(40-20-9-4-10-21-40)61-58(63-59)41-22-11-5-12-23-41/h3-38H,1-2H3. The van der Waals surface area contributed by atoms with Gasteiger partial charge in [0.2, 0.25) is 0 Å². The van der Waals surface area contributed by atoms with Crippen LogP contribution in [-0.2, 0) is 5.41 Å². The first-order valence-electron chi connectivity index (χ1n) is 21.9. The Bertz CT molecular complexity index is 3500. The molecule has 0 saturated heterocycles. The van der Waals surface area contributed by atoms with Crippen LogP contribution in [0, 0.1) is 0 Å². The Kier molecular flexibility index (Phi) is 8.80. The number of rotatable bonds is 7. The highest BCUT2D eigenvalue weighted by Gasteiger charge is 2.35. The Morgan fingerprint density at radius 1 is 0.328 bits per heavy atom. The van der Waals surface area contributed by atoms with Gasteiger partial charge in [-0.05, 0) is 98.6 Å². The van der Waals surface area contributed by atoms with Gasteiger partial charge in [0.15, 0.2) is 17.5 Å². The van der Waals surface area contributed by atoms with Crippen molar-refractivity contribution in [3.05, 3.63) is 230 Å². The summed E-state index contributed by atoms with van der Waals surface area (Å²) in [6.07, 6.45) is 0. The number of hydrogen-bond acceptors (Lipinski definition) is 3. The van der Waals surface area contributed by atoms with Gasteiger partial charge in [-0.3, -0.25) is 0 Å². The molecule has 64 heavy (non-hydrogen) atoms. The Labute approximate surface area is 372 Å². The second-order valence-corrected chi connectivity index (χ2v) is 17.2. The third-order valence-corrected chi connectivity index (χ3v) is 13.0. The van der Waals surface area contributed by atoms with Crippen molar-refractivity contribution in [2.45, 2.75) is 19.3 Å². The van der Waals surface area contributed by atoms with Gasteiger partial charge in [-0.1, -0.05) is 184 Å². The summed E-state index contributed by atoms with van der Waals surface area (Å²) in [4.78, 5) is 15.4. The van der Waals surface area contributed by atoms with E-state index >= 15 is 0 Å². The minimum atomic E-state index is -0.0784. The maximum absolute atomic E-state index is 5.18. The lowest BCUT2D eigenvalue weighted by atomic mass is 9.81. The van der Waals surface area contributed by atoms with Crippen LogP contribution >= 0.6 is 0 Å². The van der Waals surface area contributed by atoms with Crippen LogP contribution in [0.4, 0.5) is 0 Å². The van der Waals surface area contributed by atoms with E-state index in [-0.39, 0.29) is 5.41 Å². The van der Waals surface area contributed by atoms with Crippen LogP contribution in [-0.4, -0.2) is 19.5 Å². The molecular weight excluding hydrogens is 777 g/mol. The van der Waals surface area contributed by atoms with Gasteiger partial charge in [0.05, 0.1) is 11.0 Å². The summed E-state index contributed by atoms with van der Waals surface area (Å²) in [6.45, 7) is 4.70. The van der Waals surface area contributed by atoms with Crippen molar-refractivity contribution in [1.82, 2.24) is 19.5 Å². The fraction of sp³-hybridized carbons (Fsp3) is 0.0500. The summed E-state index contributed by atoms with van der Waals surface area (Å²) in [5.74, 6) is 1.89. The molecule has 0 unspecified atom stereocenters. The van der Waals surface area contributed by atoms with E-state index in [2.05, 4.69) is 200 Å². The monoisotopic (exact) mass is 818 g/mol. The van der Waals surface area contributed by atoms with Crippen molar-refractivity contribution < 1.29 is 0 Å². The molecule has 2 heterocycles. The summed E-state index contributed by atoms with van der Waals surface area (Å²) < 4.78 is 2.44. The minimum absolute atomic E-state index is 0.0784. The van der Waals surface area contributed by atoms with Crippen LogP contribution in [0.25, 0.3) is 106 Å². The minimum Gasteiger partial charge on any atom is -0.309 e. The van der Waals surface area contributed by atoms with E-state index in [1.165, 1.54) is 44.2 Å². The molecule has 0 saturated carbocycles. The normalized spacial score (nSPS) is 12.7. The summed E-state index contributed by atoms with van der Waals surface area (Å²) in [6, 6.07) is 78.1. The number of para-hydroxylation sites is 2. The van der Waals surface area contributed by atoms with Crippen LogP contribution in [0.5, 0.6) is 0 Å². The smallest absolute Gasteiger partial charge is 0.164 e. The number of benzene rings is 9. The van der Waals surface area contributed by atoms with E-state index in [0.29, 0.717) is 17.5 Å². The Morgan fingerprint density at radius 3 is 1.53 bits per heavy atom. The lowest BCUT2D eigenvalue weighted by molar-refractivity contribution is 0.660. The molecule has 0 spiro atoms. The number of hydrogen-bond donors (Lipinski definition) is 0. The summed E-state index contributed by atoms with van der Waals surface area (Å²) in [5, 5.41) is 2.40. The van der Waals surface area contributed by atoms with Crippen molar-refractivity contribution in [2.24, 2.45) is 0 Å². The molecule has 0 fully saturated rings. The first-order chi connectivity index (χ1) is 31.5. The third-order valence-electron chi connectivity index (χ3n) is 13.0. The number of nitrogens with zero attached hydrogens (tertiary/aromatic N) is 4. The van der Waals surface area contributed by atoms with Crippen molar-refractivity contribution in [1.29, 1.82) is 0 Å². The Balaban J connectivity index is 1.08. The predicted molar refractivity (Wildman–Crippen MR) is 264 cm³/mol. The quantitative estimate of drug-likeness (QED) is 0.161. The first kappa shape index (κ1) is 37.5. The van der Waals surface area contributed by atoms with Gasteiger partial charge in [-0.2, -0.15) is 0 Å².